The molecule has 1 fully saturated rings. The van der Waals surface area contributed by atoms with Gasteiger partial charge < -0.3 is 10.8 Å². The molecule has 0 bridgehead atoms. The Morgan fingerprint density at radius 3 is 2.67 bits per heavy atom. The van der Waals surface area contributed by atoms with Crippen molar-refractivity contribution in [2.75, 3.05) is 0 Å². The van der Waals surface area contributed by atoms with Gasteiger partial charge in [-0.15, -0.1) is 0 Å². The first kappa shape index (κ1) is 12.3. The number of hydrogen-bond acceptors (Lipinski definition) is 4. The molecule has 1 aromatic carbocycles. The molecule has 1 saturated carbocycles. The van der Waals surface area contributed by atoms with Crippen LogP contribution in [0.15, 0.2) is 23.2 Å². The van der Waals surface area contributed by atoms with Crippen molar-refractivity contribution in [2.24, 2.45) is 10.7 Å². The van der Waals surface area contributed by atoms with Gasteiger partial charge in [0, 0.05) is 11.6 Å². The molecule has 0 aromatic heterocycles. The molecule has 1 aliphatic carbocycles. The van der Waals surface area contributed by atoms with Crippen LogP contribution in [-0.4, -0.2) is 21.9 Å². The summed E-state index contributed by atoms with van der Waals surface area (Å²) >= 11 is 0. The molecule has 0 aliphatic heterocycles. The van der Waals surface area contributed by atoms with E-state index in [9.17, 15) is 15.2 Å². The molecule has 0 radical (unpaired) electrons. The van der Waals surface area contributed by atoms with E-state index in [0.29, 0.717) is 11.4 Å². The Balaban J connectivity index is 2.22. The fraction of sp³-hybridized carbons (Fsp3) is 0.417. The Labute approximate surface area is 104 Å². The van der Waals surface area contributed by atoms with Gasteiger partial charge in [0.15, 0.2) is 5.75 Å². The topological polar surface area (TPSA) is 102 Å². The molecule has 0 atom stereocenters. The van der Waals surface area contributed by atoms with E-state index < -0.39 is 4.92 Å². The molecule has 0 heterocycles. The number of nitro benzene ring substituents is 1. The molecule has 3 N–H and O–H groups in total. The third-order valence-corrected chi connectivity index (χ3v) is 3.11. The lowest BCUT2D eigenvalue weighted by Gasteiger charge is -2.06. The lowest BCUT2D eigenvalue weighted by atomic mass is 10.1. The van der Waals surface area contributed by atoms with E-state index in [0.717, 1.165) is 25.7 Å². The zero-order chi connectivity index (χ0) is 13.1. The Bertz CT molecular complexity index is 493. The van der Waals surface area contributed by atoms with Gasteiger partial charge in [0.1, 0.15) is 5.84 Å². The van der Waals surface area contributed by atoms with Crippen molar-refractivity contribution in [3.05, 3.63) is 33.9 Å². The molecule has 1 aromatic rings. The van der Waals surface area contributed by atoms with Crippen molar-refractivity contribution >= 4 is 11.5 Å². The zero-order valence-electron chi connectivity index (χ0n) is 9.87. The standard InChI is InChI=1S/C12H15N3O3/c13-12(14-9-3-1-2-4-9)8-5-6-10(15(17)18)11(16)7-8/h5-7,9,16H,1-4H2,(H2,13,14). The van der Waals surface area contributed by atoms with Crippen molar-refractivity contribution in [2.45, 2.75) is 31.7 Å². The van der Waals surface area contributed by atoms with Crippen LogP contribution < -0.4 is 5.73 Å². The van der Waals surface area contributed by atoms with Crippen LogP contribution in [0.1, 0.15) is 31.2 Å². The quantitative estimate of drug-likeness (QED) is 0.370. The number of aliphatic imine (C=N–C) groups is 1. The summed E-state index contributed by atoms with van der Waals surface area (Å²) < 4.78 is 0. The number of aromatic hydroxyl groups is 1. The molecule has 1 aliphatic rings. The van der Waals surface area contributed by atoms with Crippen molar-refractivity contribution < 1.29 is 10.0 Å². The summed E-state index contributed by atoms with van der Waals surface area (Å²) in [5.74, 6) is -0.0610. The van der Waals surface area contributed by atoms with Gasteiger partial charge in [-0.25, -0.2) is 0 Å². The maximum atomic E-state index is 10.6. The van der Waals surface area contributed by atoms with Crippen LogP contribution in [0.25, 0.3) is 0 Å². The van der Waals surface area contributed by atoms with E-state index in [1.807, 2.05) is 0 Å². The Morgan fingerprint density at radius 2 is 2.11 bits per heavy atom. The Kier molecular flexibility index (Phi) is 3.45. The number of amidine groups is 1. The van der Waals surface area contributed by atoms with Crippen LogP contribution in [0.4, 0.5) is 5.69 Å². The first-order valence-corrected chi connectivity index (χ1v) is 5.89. The number of nitrogens with two attached hydrogens (primary N) is 1. The second kappa shape index (κ2) is 5.03. The van der Waals surface area contributed by atoms with Gasteiger partial charge >= 0.3 is 5.69 Å². The third kappa shape index (κ3) is 2.58. The van der Waals surface area contributed by atoms with Gasteiger partial charge in [-0.3, -0.25) is 15.1 Å². The van der Waals surface area contributed by atoms with E-state index in [4.69, 9.17) is 5.73 Å². The van der Waals surface area contributed by atoms with Gasteiger partial charge in [0.05, 0.1) is 11.0 Å². The first-order valence-electron chi connectivity index (χ1n) is 5.89. The SMILES string of the molecule is NC(=NC1CCCC1)c1ccc([N+](=O)[O-])c(O)c1. The summed E-state index contributed by atoms with van der Waals surface area (Å²) in [5, 5.41) is 20.1. The largest absolute Gasteiger partial charge is 0.502 e. The Hall–Kier alpha value is -2.11. The molecule has 0 amide bonds. The smallest absolute Gasteiger partial charge is 0.310 e. The molecule has 18 heavy (non-hydrogen) atoms. The number of phenols is 1. The van der Waals surface area contributed by atoms with Gasteiger partial charge in [-0.1, -0.05) is 12.8 Å². The summed E-state index contributed by atoms with van der Waals surface area (Å²) in [7, 11) is 0. The second-order valence-corrected chi connectivity index (χ2v) is 4.41. The number of phenolic OH excluding ortho intramolecular Hbond substituents is 1. The summed E-state index contributed by atoms with van der Waals surface area (Å²) in [5.41, 5.74) is 6.03. The lowest BCUT2D eigenvalue weighted by molar-refractivity contribution is -0.385. The fourth-order valence-corrected chi connectivity index (χ4v) is 2.14. The molecule has 6 heteroatoms. The van der Waals surface area contributed by atoms with Gasteiger partial charge in [0.25, 0.3) is 0 Å². The molecule has 2 rings (SSSR count). The molecule has 0 unspecified atom stereocenters. The molecule has 0 saturated heterocycles. The first-order chi connectivity index (χ1) is 8.58. The fourth-order valence-electron chi connectivity index (χ4n) is 2.14. The minimum Gasteiger partial charge on any atom is -0.502 e. The highest BCUT2D eigenvalue weighted by Crippen LogP contribution is 2.27. The molecular weight excluding hydrogens is 234 g/mol. The van der Waals surface area contributed by atoms with Crippen LogP contribution in [0.2, 0.25) is 0 Å². The minimum atomic E-state index is -0.635. The molecular formula is C12H15N3O3. The van der Waals surface area contributed by atoms with Crippen LogP contribution in [0, 0.1) is 10.1 Å². The number of rotatable bonds is 3. The maximum absolute atomic E-state index is 10.6. The predicted molar refractivity (Wildman–Crippen MR) is 67.7 cm³/mol. The third-order valence-electron chi connectivity index (χ3n) is 3.11. The highest BCUT2D eigenvalue weighted by atomic mass is 16.6. The van der Waals surface area contributed by atoms with Crippen molar-refractivity contribution in [1.82, 2.24) is 0 Å². The molecule has 0 spiro atoms. The van der Waals surface area contributed by atoms with E-state index in [1.165, 1.54) is 18.2 Å². The van der Waals surface area contributed by atoms with Crippen molar-refractivity contribution in [3.8, 4) is 5.75 Å². The molecule has 96 valence electrons. The normalized spacial score (nSPS) is 17.0. The van der Waals surface area contributed by atoms with Gasteiger partial charge in [0.2, 0.25) is 0 Å². The highest BCUT2D eigenvalue weighted by molar-refractivity contribution is 5.98. The van der Waals surface area contributed by atoms with Gasteiger partial charge in [-0.2, -0.15) is 0 Å². The minimum absolute atomic E-state index is 0.238. The summed E-state index contributed by atoms with van der Waals surface area (Å²) in [6.07, 6.45) is 4.37. The average molecular weight is 249 g/mol. The average Bonchev–Trinajstić information content (AvgIpc) is 2.81. The van der Waals surface area contributed by atoms with E-state index in [2.05, 4.69) is 4.99 Å². The van der Waals surface area contributed by atoms with E-state index in [1.54, 1.807) is 0 Å². The van der Waals surface area contributed by atoms with Crippen LogP contribution in [-0.2, 0) is 0 Å². The summed E-state index contributed by atoms with van der Waals surface area (Å²) in [6.45, 7) is 0. The summed E-state index contributed by atoms with van der Waals surface area (Å²) in [4.78, 5) is 14.3. The second-order valence-electron chi connectivity index (χ2n) is 4.41. The highest BCUT2D eigenvalue weighted by Gasteiger charge is 2.17. The van der Waals surface area contributed by atoms with Crippen molar-refractivity contribution in [1.29, 1.82) is 0 Å². The van der Waals surface area contributed by atoms with Crippen LogP contribution >= 0.6 is 0 Å². The lowest BCUT2D eigenvalue weighted by Crippen LogP contribution is -2.16. The number of hydrogen-bond donors (Lipinski definition) is 2. The maximum Gasteiger partial charge on any atom is 0.310 e. The van der Waals surface area contributed by atoms with E-state index >= 15 is 0 Å². The zero-order valence-corrected chi connectivity index (χ0v) is 9.87. The summed E-state index contributed by atoms with van der Waals surface area (Å²) in [6, 6.07) is 4.27. The number of nitro groups is 1. The molecule has 6 nitrogen and oxygen atoms in total. The number of benzene rings is 1. The Morgan fingerprint density at radius 1 is 1.44 bits per heavy atom. The van der Waals surface area contributed by atoms with Crippen molar-refractivity contribution in [3.63, 3.8) is 0 Å². The van der Waals surface area contributed by atoms with Crippen LogP contribution in [0.5, 0.6) is 5.75 Å². The van der Waals surface area contributed by atoms with Crippen LogP contribution in [0.3, 0.4) is 0 Å². The predicted octanol–water partition coefficient (Wildman–Crippen LogP) is 1.95. The number of nitrogens with zero attached hydrogens (tertiary/aromatic N) is 2. The van der Waals surface area contributed by atoms with E-state index in [-0.39, 0.29) is 17.5 Å². The monoisotopic (exact) mass is 249 g/mol. The van der Waals surface area contributed by atoms with Gasteiger partial charge in [-0.05, 0) is 25.0 Å².